The molecule has 0 aliphatic heterocycles. The molecule has 0 aromatic rings. The maximum absolute atomic E-state index is 12.9. The van der Waals surface area contributed by atoms with Crippen molar-refractivity contribution in [2.45, 2.75) is 386 Å². The number of unbranched alkanes of at least 4 members (excludes halogenated alkanes) is 45. The summed E-state index contributed by atoms with van der Waals surface area (Å²) in [5.74, 6) is -0.848. The van der Waals surface area contributed by atoms with Gasteiger partial charge >= 0.3 is 17.9 Å². The Labute approximate surface area is 504 Å². The molecule has 0 spiro atoms. The molecule has 0 saturated carbocycles. The van der Waals surface area contributed by atoms with E-state index in [1.807, 2.05) is 0 Å². The van der Waals surface area contributed by atoms with E-state index in [0.717, 1.165) is 83.5 Å². The van der Waals surface area contributed by atoms with Gasteiger partial charge in [0, 0.05) is 19.3 Å². The second-order valence-electron chi connectivity index (χ2n) is 24.1. The highest BCUT2D eigenvalue weighted by molar-refractivity contribution is 5.71. The van der Waals surface area contributed by atoms with E-state index in [1.54, 1.807) is 0 Å². The highest BCUT2D eigenvalue weighted by Crippen LogP contribution is 2.18. The molecule has 0 amide bonds. The first kappa shape index (κ1) is 78.1. The first-order valence-electron chi connectivity index (χ1n) is 35.8. The summed E-state index contributed by atoms with van der Waals surface area (Å²) in [6, 6.07) is 0. The molecule has 0 radical (unpaired) electrons. The Morgan fingerprint density at radius 1 is 0.259 bits per heavy atom. The lowest BCUT2D eigenvalue weighted by Crippen LogP contribution is -2.30. The fraction of sp³-hybridized carbons (Fsp3) is 0.827. The van der Waals surface area contributed by atoms with E-state index < -0.39 is 6.10 Å². The van der Waals surface area contributed by atoms with Crippen molar-refractivity contribution in [2.24, 2.45) is 0 Å². The zero-order valence-electron chi connectivity index (χ0n) is 54.3. The van der Waals surface area contributed by atoms with Crippen LogP contribution in [-0.2, 0) is 28.6 Å². The van der Waals surface area contributed by atoms with Gasteiger partial charge < -0.3 is 14.2 Å². The summed E-state index contributed by atoms with van der Waals surface area (Å²) in [7, 11) is 0. The molecule has 0 aromatic heterocycles. The predicted octanol–water partition coefficient (Wildman–Crippen LogP) is 24.7. The first-order chi connectivity index (χ1) is 40.0. The Morgan fingerprint density at radius 2 is 0.481 bits per heavy atom. The molecule has 0 saturated heterocycles. The van der Waals surface area contributed by atoms with Crippen molar-refractivity contribution >= 4 is 17.9 Å². The number of rotatable bonds is 66. The van der Waals surface area contributed by atoms with Crippen molar-refractivity contribution in [3.8, 4) is 0 Å². The number of allylic oxidation sites excluding steroid dienone is 10. The lowest BCUT2D eigenvalue weighted by molar-refractivity contribution is -0.167. The summed E-state index contributed by atoms with van der Waals surface area (Å²) in [6.45, 7) is 6.56. The first-order valence-corrected chi connectivity index (χ1v) is 35.8. The number of carbonyl (C=O) groups excluding carboxylic acids is 3. The molecule has 1 unspecified atom stereocenters. The largest absolute Gasteiger partial charge is 0.462 e. The Bertz CT molecular complexity index is 1440. The maximum atomic E-state index is 12.9. The molecule has 472 valence electrons. The molecule has 0 rings (SSSR count). The lowest BCUT2D eigenvalue weighted by Gasteiger charge is -2.18. The zero-order valence-corrected chi connectivity index (χ0v) is 54.3. The van der Waals surface area contributed by atoms with Gasteiger partial charge in [0.1, 0.15) is 13.2 Å². The van der Waals surface area contributed by atoms with Gasteiger partial charge in [-0.15, -0.1) is 0 Å². The van der Waals surface area contributed by atoms with Crippen molar-refractivity contribution < 1.29 is 28.6 Å². The van der Waals surface area contributed by atoms with Crippen LogP contribution in [0.3, 0.4) is 0 Å². The Balaban J connectivity index is 4.01. The maximum Gasteiger partial charge on any atom is 0.306 e. The van der Waals surface area contributed by atoms with E-state index >= 15 is 0 Å². The SMILES string of the molecule is CC/C=C\C/C=C\C/C=C\C/C=C\CCCCCCCCCCCCCCCCCCCCCCCCC(=O)OCC(COC(=O)CCCCCCCCCCC)OC(=O)CCCCCCCCCCC/C=C\CCCCCCCC. The molecule has 0 aliphatic carbocycles. The topological polar surface area (TPSA) is 78.9 Å². The highest BCUT2D eigenvalue weighted by Gasteiger charge is 2.19. The van der Waals surface area contributed by atoms with Gasteiger partial charge in [0.2, 0.25) is 0 Å². The minimum Gasteiger partial charge on any atom is -0.462 e. The molecule has 6 heteroatoms. The van der Waals surface area contributed by atoms with Gasteiger partial charge in [-0.25, -0.2) is 0 Å². The predicted molar refractivity (Wildman–Crippen MR) is 353 cm³/mol. The van der Waals surface area contributed by atoms with Crippen molar-refractivity contribution in [3.05, 3.63) is 60.8 Å². The summed E-state index contributed by atoms with van der Waals surface area (Å²) < 4.78 is 16.9. The third-order valence-electron chi connectivity index (χ3n) is 16.0. The molecule has 1 atom stereocenters. The van der Waals surface area contributed by atoms with Gasteiger partial charge in [-0.3, -0.25) is 14.4 Å². The van der Waals surface area contributed by atoms with E-state index in [9.17, 15) is 14.4 Å². The van der Waals surface area contributed by atoms with Crippen LogP contribution in [0.2, 0.25) is 0 Å². The molecule has 0 heterocycles. The standard InChI is InChI=1S/C75H136O6/c1-4-7-10-13-16-19-21-23-25-27-29-30-31-32-33-34-35-36-37-38-39-40-41-42-43-44-46-47-49-51-53-56-59-62-65-68-74(77)80-71-72(70-79-73(76)67-64-61-58-55-18-15-12-9-6-3)81-75(78)69-66-63-60-57-54-52-50-48-45-28-26-24-22-20-17-14-11-8-5-2/h7,10,16,19,23-26,29-30,72H,4-6,8-9,11-15,17-18,20-22,27-28,31-71H2,1-3H3/b10-7-,19-16-,25-23-,26-24-,30-29-. The van der Waals surface area contributed by atoms with Crippen LogP contribution >= 0.6 is 0 Å². The van der Waals surface area contributed by atoms with Crippen LogP contribution in [0.4, 0.5) is 0 Å². The second kappa shape index (κ2) is 69.6. The van der Waals surface area contributed by atoms with E-state index in [4.69, 9.17) is 14.2 Å². The van der Waals surface area contributed by atoms with Gasteiger partial charge in [0.15, 0.2) is 6.10 Å². The van der Waals surface area contributed by atoms with E-state index in [0.29, 0.717) is 19.3 Å². The summed E-state index contributed by atoms with van der Waals surface area (Å²) in [5.41, 5.74) is 0. The van der Waals surface area contributed by atoms with Crippen molar-refractivity contribution in [2.75, 3.05) is 13.2 Å². The van der Waals surface area contributed by atoms with Gasteiger partial charge in [-0.1, -0.05) is 338 Å². The fourth-order valence-electron chi connectivity index (χ4n) is 10.7. The van der Waals surface area contributed by atoms with Gasteiger partial charge in [0.25, 0.3) is 0 Å². The minimum absolute atomic E-state index is 0.0682. The Morgan fingerprint density at radius 3 is 0.765 bits per heavy atom. The smallest absolute Gasteiger partial charge is 0.306 e. The Kier molecular flexibility index (Phi) is 67.1. The normalized spacial score (nSPS) is 12.4. The molecule has 0 bridgehead atoms. The molecule has 0 fully saturated rings. The number of esters is 3. The lowest BCUT2D eigenvalue weighted by atomic mass is 10.0. The van der Waals surface area contributed by atoms with Crippen LogP contribution < -0.4 is 0 Å². The molecule has 81 heavy (non-hydrogen) atoms. The molecule has 6 nitrogen and oxygen atoms in total. The Hall–Kier alpha value is -2.89. The quantitative estimate of drug-likeness (QED) is 0.0261. The molecular weight excluding hydrogens is 997 g/mol. The van der Waals surface area contributed by atoms with E-state index in [1.165, 1.54) is 257 Å². The van der Waals surface area contributed by atoms with Crippen molar-refractivity contribution in [1.29, 1.82) is 0 Å². The van der Waals surface area contributed by atoms with Crippen molar-refractivity contribution in [1.82, 2.24) is 0 Å². The molecular formula is C75H136O6. The number of hydrogen-bond acceptors (Lipinski definition) is 6. The number of hydrogen-bond donors (Lipinski definition) is 0. The van der Waals surface area contributed by atoms with E-state index in [-0.39, 0.29) is 31.1 Å². The number of carbonyl (C=O) groups is 3. The average Bonchev–Trinajstić information content (AvgIpc) is 3.47. The van der Waals surface area contributed by atoms with Crippen molar-refractivity contribution in [3.63, 3.8) is 0 Å². The third kappa shape index (κ3) is 67.8. The summed E-state index contributed by atoms with van der Waals surface area (Å²) in [5, 5.41) is 0. The van der Waals surface area contributed by atoms with Crippen LogP contribution in [0.15, 0.2) is 60.8 Å². The average molecular weight is 1130 g/mol. The van der Waals surface area contributed by atoms with Crippen LogP contribution in [0.25, 0.3) is 0 Å². The van der Waals surface area contributed by atoms with Crippen LogP contribution in [-0.4, -0.2) is 37.2 Å². The highest BCUT2D eigenvalue weighted by atomic mass is 16.6. The zero-order chi connectivity index (χ0) is 58.5. The van der Waals surface area contributed by atoms with Crippen LogP contribution in [0, 0.1) is 0 Å². The monoisotopic (exact) mass is 1130 g/mol. The van der Waals surface area contributed by atoms with Crippen LogP contribution in [0.5, 0.6) is 0 Å². The second-order valence-corrected chi connectivity index (χ2v) is 24.1. The van der Waals surface area contributed by atoms with Gasteiger partial charge in [-0.2, -0.15) is 0 Å². The third-order valence-corrected chi connectivity index (χ3v) is 16.0. The van der Waals surface area contributed by atoms with Gasteiger partial charge in [-0.05, 0) is 83.5 Å². The van der Waals surface area contributed by atoms with Gasteiger partial charge in [0.05, 0.1) is 0 Å². The summed E-state index contributed by atoms with van der Waals surface area (Å²) in [4.78, 5) is 38.3. The number of ether oxygens (including phenoxy) is 3. The fourth-order valence-corrected chi connectivity index (χ4v) is 10.7. The molecule has 0 aromatic carbocycles. The summed E-state index contributed by atoms with van der Waals surface area (Å²) in [6.07, 6.45) is 89.9. The minimum atomic E-state index is -0.770. The molecule has 0 aliphatic rings. The molecule has 0 N–H and O–H groups in total. The van der Waals surface area contributed by atoms with Crippen LogP contribution in [0.1, 0.15) is 380 Å². The van der Waals surface area contributed by atoms with E-state index in [2.05, 4.69) is 81.5 Å². The summed E-state index contributed by atoms with van der Waals surface area (Å²) >= 11 is 0.